The molecule has 0 aromatic heterocycles. The van der Waals surface area contributed by atoms with Crippen LogP contribution in [0.25, 0.3) is 0 Å². The van der Waals surface area contributed by atoms with Gasteiger partial charge in [0.1, 0.15) is 18.1 Å². The Morgan fingerprint density at radius 2 is 1.33 bits per heavy atom. The van der Waals surface area contributed by atoms with Crippen molar-refractivity contribution < 1.29 is 28.5 Å². The predicted molar refractivity (Wildman–Crippen MR) is 113 cm³/mol. The third-order valence-electron chi connectivity index (χ3n) is 4.13. The smallest absolute Gasteiger partial charge is 0.337 e. The number of ether oxygens (including phenoxy) is 4. The van der Waals surface area contributed by atoms with Gasteiger partial charge in [-0.2, -0.15) is 0 Å². The van der Waals surface area contributed by atoms with E-state index in [1.54, 1.807) is 36.4 Å². The Hall–Kier alpha value is -2.90. The fourth-order valence-electron chi connectivity index (χ4n) is 2.51. The third kappa shape index (κ3) is 10.0. The molecule has 0 radical (unpaired) electrons. The Morgan fingerprint density at radius 3 is 2.03 bits per heavy atom. The van der Waals surface area contributed by atoms with Gasteiger partial charge in [-0.25, -0.2) is 4.79 Å². The van der Waals surface area contributed by atoms with Gasteiger partial charge in [0.25, 0.3) is 0 Å². The van der Waals surface area contributed by atoms with Gasteiger partial charge in [0.2, 0.25) is 0 Å². The van der Waals surface area contributed by atoms with Gasteiger partial charge in [-0.3, -0.25) is 4.79 Å². The fraction of sp³-hybridized carbons (Fsp3) is 0.391. The van der Waals surface area contributed by atoms with E-state index in [-0.39, 0.29) is 12.6 Å². The van der Waals surface area contributed by atoms with Crippen molar-refractivity contribution in [3.05, 3.63) is 54.1 Å². The summed E-state index contributed by atoms with van der Waals surface area (Å²) >= 11 is 0. The van der Waals surface area contributed by atoms with Crippen molar-refractivity contribution in [3.8, 4) is 11.5 Å². The van der Waals surface area contributed by atoms with Gasteiger partial charge >= 0.3 is 11.9 Å². The molecule has 0 aliphatic heterocycles. The zero-order valence-electron chi connectivity index (χ0n) is 17.3. The molecule has 0 unspecified atom stereocenters. The van der Waals surface area contributed by atoms with Gasteiger partial charge in [-0.1, -0.05) is 24.1 Å². The fourth-order valence-corrected chi connectivity index (χ4v) is 2.51. The molecule has 0 fully saturated rings. The minimum absolute atomic E-state index is 0.142. The van der Waals surface area contributed by atoms with Gasteiger partial charge in [-0.15, -0.1) is 0 Å². The Labute approximate surface area is 177 Å². The summed E-state index contributed by atoms with van der Waals surface area (Å²) in [6.07, 6.45) is 2.85. The zero-order valence-corrected chi connectivity index (χ0v) is 17.3. The Morgan fingerprint density at radius 1 is 0.733 bits per heavy atom. The van der Waals surface area contributed by atoms with Crippen LogP contribution in [-0.2, 0) is 19.1 Å². The molecule has 0 atom stereocenters. The maximum absolute atomic E-state index is 11.8. The summed E-state index contributed by atoms with van der Waals surface area (Å²) in [6, 6.07) is 14.0. The molecular weight excluding hydrogens is 386 g/mol. The number of carbonyl (C=O) groups excluding carboxylic acids is 2. The number of benzene rings is 2. The van der Waals surface area contributed by atoms with E-state index in [2.05, 4.69) is 0 Å². The highest BCUT2D eigenvalue weighted by Crippen LogP contribution is 2.14. The molecular formula is C23H29NO6. The molecule has 30 heavy (non-hydrogen) atoms. The molecule has 0 spiro atoms. The van der Waals surface area contributed by atoms with E-state index in [9.17, 15) is 9.59 Å². The summed E-state index contributed by atoms with van der Waals surface area (Å²) in [5, 5.41) is 0. The van der Waals surface area contributed by atoms with Crippen molar-refractivity contribution in [2.45, 2.75) is 32.6 Å². The quantitative estimate of drug-likeness (QED) is 0.231. The highest BCUT2D eigenvalue weighted by molar-refractivity contribution is 5.73. The molecule has 2 rings (SSSR count). The molecule has 0 heterocycles. The number of nitrogens with two attached hydrogens (primary N) is 1. The van der Waals surface area contributed by atoms with Crippen LogP contribution in [0, 0.1) is 6.92 Å². The summed E-state index contributed by atoms with van der Waals surface area (Å²) in [5.74, 6) is 0.305. The first kappa shape index (κ1) is 23.4. The van der Waals surface area contributed by atoms with Crippen LogP contribution in [0.1, 0.15) is 31.2 Å². The average molecular weight is 415 g/mol. The molecule has 0 aliphatic carbocycles. The van der Waals surface area contributed by atoms with E-state index >= 15 is 0 Å². The van der Waals surface area contributed by atoms with Gasteiger partial charge in [-0.05, 0) is 56.2 Å². The number of hydrogen-bond acceptors (Lipinski definition) is 7. The van der Waals surface area contributed by atoms with Crippen LogP contribution >= 0.6 is 0 Å². The van der Waals surface area contributed by atoms with Crippen LogP contribution in [-0.4, -0.2) is 38.4 Å². The van der Waals surface area contributed by atoms with E-state index < -0.39 is 5.97 Å². The number of anilines is 1. The second-order valence-corrected chi connectivity index (χ2v) is 6.81. The number of rotatable bonds is 13. The van der Waals surface area contributed by atoms with Crippen LogP contribution in [0.5, 0.6) is 11.5 Å². The van der Waals surface area contributed by atoms with Gasteiger partial charge in [0.05, 0.1) is 13.2 Å². The van der Waals surface area contributed by atoms with Gasteiger partial charge < -0.3 is 24.7 Å². The molecule has 162 valence electrons. The molecule has 2 N–H and O–H groups in total. The first-order chi connectivity index (χ1) is 14.5. The topological polar surface area (TPSA) is 97.1 Å². The maximum atomic E-state index is 11.8. The predicted octanol–water partition coefficient (Wildman–Crippen LogP) is 3.68. The Bertz CT molecular complexity index is 706. The standard InChI is InChI=1S/C23H29NO6/c1-18-6-10-20(11-7-18)29-22(25)5-3-2-4-14-27-15-16-28-17-23(26)30-21-12-8-19(24)9-13-21/h6-13H,2-5,14-17,24H2,1H3. The minimum atomic E-state index is -0.475. The molecule has 2 aromatic rings. The zero-order chi connectivity index (χ0) is 21.6. The molecule has 0 bridgehead atoms. The summed E-state index contributed by atoms with van der Waals surface area (Å²) < 4.78 is 21.1. The Kier molecular flexibility index (Phi) is 10.4. The van der Waals surface area contributed by atoms with E-state index in [0.29, 0.717) is 43.4 Å². The summed E-state index contributed by atoms with van der Waals surface area (Å²) in [7, 11) is 0. The maximum Gasteiger partial charge on any atom is 0.337 e. The molecule has 0 amide bonds. The summed E-state index contributed by atoms with van der Waals surface area (Å²) in [6.45, 7) is 3.12. The molecule has 2 aromatic carbocycles. The van der Waals surface area contributed by atoms with Crippen LogP contribution in [0.15, 0.2) is 48.5 Å². The summed E-state index contributed by atoms with van der Waals surface area (Å²) in [4.78, 5) is 23.4. The highest BCUT2D eigenvalue weighted by atomic mass is 16.6. The van der Waals surface area contributed by atoms with Crippen LogP contribution in [0.3, 0.4) is 0 Å². The number of unbranched alkanes of at least 4 members (excludes halogenated alkanes) is 2. The van der Waals surface area contributed by atoms with E-state index in [1.165, 1.54) is 0 Å². The lowest BCUT2D eigenvalue weighted by Crippen LogP contribution is -2.17. The first-order valence-corrected chi connectivity index (χ1v) is 10.0. The number of esters is 2. The Balaban J connectivity index is 1.40. The number of aryl methyl sites for hydroxylation is 1. The average Bonchev–Trinajstić information content (AvgIpc) is 2.73. The molecule has 7 heteroatoms. The van der Waals surface area contributed by atoms with Crippen molar-refractivity contribution in [2.24, 2.45) is 0 Å². The third-order valence-corrected chi connectivity index (χ3v) is 4.13. The highest BCUT2D eigenvalue weighted by Gasteiger charge is 2.06. The largest absolute Gasteiger partial charge is 0.427 e. The van der Waals surface area contributed by atoms with Crippen molar-refractivity contribution >= 4 is 17.6 Å². The van der Waals surface area contributed by atoms with E-state index in [4.69, 9.17) is 24.7 Å². The second kappa shape index (κ2) is 13.3. The second-order valence-electron chi connectivity index (χ2n) is 6.81. The van der Waals surface area contributed by atoms with Crippen molar-refractivity contribution in [1.82, 2.24) is 0 Å². The van der Waals surface area contributed by atoms with Crippen LogP contribution in [0.4, 0.5) is 5.69 Å². The lowest BCUT2D eigenvalue weighted by atomic mass is 10.2. The normalized spacial score (nSPS) is 10.6. The van der Waals surface area contributed by atoms with Crippen LogP contribution in [0.2, 0.25) is 0 Å². The first-order valence-electron chi connectivity index (χ1n) is 10.0. The number of hydrogen-bond donors (Lipinski definition) is 1. The van der Waals surface area contributed by atoms with E-state index in [0.717, 1.165) is 24.8 Å². The molecule has 0 aliphatic rings. The van der Waals surface area contributed by atoms with Gasteiger partial charge in [0, 0.05) is 18.7 Å². The lowest BCUT2D eigenvalue weighted by molar-refractivity contribution is -0.140. The van der Waals surface area contributed by atoms with Crippen molar-refractivity contribution in [1.29, 1.82) is 0 Å². The monoisotopic (exact) mass is 415 g/mol. The van der Waals surface area contributed by atoms with Crippen molar-refractivity contribution in [3.63, 3.8) is 0 Å². The molecule has 0 saturated carbocycles. The molecule has 7 nitrogen and oxygen atoms in total. The molecule has 0 saturated heterocycles. The van der Waals surface area contributed by atoms with Gasteiger partial charge in [0.15, 0.2) is 0 Å². The minimum Gasteiger partial charge on any atom is -0.427 e. The SMILES string of the molecule is Cc1ccc(OC(=O)CCCCCOCCOCC(=O)Oc2ccc(N)cc2)cc1. The lowest BCUT2D eigenvalue weighted by Gasteiger charge is -2.07. The van der Waals surface area contributed by atoms with Crippen LogP contribution < -0.4 is 15.2 Å². The number of carbonyl (C=O) groups is 2. The van der Waals surface area contributed by atoms with Crippen molar-refractivity contribution in [2.75, 3.05) is 32.2 Å². The van der Waals surface area contributed by atoms with E-state index in [1.807, 2.05) is 19.1 Å². The summed E-state index contributed by atoms with van der Waals surface area (Å²) in [5.41, 5.74) is 7.29. The number of nitrogen functional groups attached to an aromatic ring is 1.